The van der Waals surface area contributed by atoms with Crippen LogP contribution in [0.5, 0.6) is 0 Å². The van der Waals surface area contributed by atoms with E-state index >= 15 is 0 Å². The van der Waals surface area contributed by atoms with Crippen LogP contribution in [-0.4, -0.2) is 103 Å². The van der Waals surface area contributed by atoms with Crippen molar-refractivity contribution in [2.75, 3.05) is 27.3 Å². The van der Waals surface area contributed by atoms with Crippen molar-refractivity contribution in [3.05, 3.63) is 60.3 Å². The fraction of sp³-hybridized carbons (Fsp3) is 0.455. The molecule has 6 heterocycles. The van der Waals surface area contributed by atoms with Gasteiger partial charge in [0.25, 0.3) is 0 Å². The van der Waals surface area contributed by atoms with E-state index in [0.717, 1.165) is 69.1 Å². The highest BCUT2D eigenvalue weighted by molar-refractivity contribution is 6.06. The highest BCUT2D eigenvalue weighted by Gasteiger charge is 2.43. The second-order valence-corrected chi connectivity index (χ2v) is 18.0. The summed E-state index contributed by atoms with van der Waals surface area (Å²) >= 11 is 0. The number of aromatic nitrogens is 6. The molecule has 2 fully saturated rings. The fourth-order valence-corrected chi connectivity index (χ4v) is 8.63. The molecule has 2 saturated heterocycles. The summed E-state index contributed by atoms with van der Waals surface area (Å²) in [5.74, 6) is 0.893. The van der Waals surface area contributed by atoms with E-state index in [1.165, 1.54) is 14.2 Å². The number of alkyl carbamates (subject to hydrolysis) is 2. The van der Waals surface area contributed by atoms with Gasteiger partial charge in [0.2, 0.25) is 11.8 Å². The highest BCUT2D eigenvalue weighted by atomic mass is 16.5. The van der Waals surface area contributed by atoms with Gasteiger partial charge in [-0.2, -0.15) is 0 Å². The van der Waals surface area contributed by atoms with Gasteiger partial charge in [0.15, 0.2) is 11.5 Å². The fourth-order valence-electron chi connectivity index (χ4n) is 8.63. The van der Waals surface area contributed by atoms with Crippen LogP contribution in [0, 0.1) is 10.8 Å². The molecule has 60 heavy (non-hydrogen) atoms. The normalized spacial score (nSPS) is 18.3. The third-order valence-electron chi connectivity index (χ3n) is 11.8. The van der Waals surface area contributed by atoms with Gasteiger partial charge in [-0.05, 0) is 71.7 Å². The zero-order valence-electron chi connectivity index (χ0n) is 35.3. The molecule has 4 atom stereocenters. The van der Waals surface area contributed by atoms with Crippen molar-refractivity contribution in [3.63, 3.8) is 0 Å². The lowest BCUT2D eigenvalue weighted by Gasteiger charge is -2.34. The third kappa shape index (κ3) is 7.43. The number of fused-ring (bicyclic) bond motifs is 6. The van der Waals surface area contributed by atoms with Crippen LogP contribution >= 0.6 is 0 Å². The predicted molar refractivity (Wildman–Crippen MR) is 227 cm³/mol. The number of carbonyl (C=O) groups is 4. The second-order valence-electron chi connectivity index (χ2n) is 18.0. The molecule has 0 bridgehead atoms. The number of ether oxygens (including phenoxy) is 2. The van der Waals surface area contributed by atoms with Crippen LogP contribution in [0.4, 0.5) is 9.59 Å². The number of nitrogens with zero attached hydrogens (tertiary/aromatic N) is 6. The maximum Gasteiger partial charge on any atom is 0.407 e. The van der Waals surface area contributed by atoms with Crippen molar-refractivity contribution in [1.82, 2.24) is 50.3 Å². The quantitative estimate of drug-likeness (QED) is 0.129. The number of methoxy groups -OCH3 is 2. The van der Waals surface area contributed by atoms with Gasteiger partial charge in [0, 0.05) is 29.6 Å². The summed E-state index contributed by atoms with van der Waals surface area (Å²) in [7, 11) is 2.57. The van der Waals surface area contributed by atoms with Gasteiger partial charge in [0.05, 0.1) is 49.1 Å². The number of rotatable bonds is 7. The van der Waals surface area contributed by atoms with E-state index in [4.69, 9.17) is 24.4 Å². The number of hydrogen-bond acceptors (Lipinski definition) is 10. The second kappa shape index (κ2) is 15.4. The Morgan fingerprint density at radius 3 is 1.97 bits per heavy atom. The molecule has 4 aromatic heterocycles. The Morgan fingerprint density at radius 2 is 1.33 bits per heavy atom. The number of hydrogen-bond donors (Lipinski definition) is 4. The molecule has 6 aromatic rings. The zero-order chi connectivity index (χ0) is 42.7. The number of aromatic amines is 2. The van der Waals surface area contributed by atoms with E-state index in [2.05, 4.69) is 49.9 Å². The first-order valence-corrected chi connectivity index (χ1v) is 20.4. The van der Waals surface area contributed by atoms with Crippen LogP contribution in [0.3, 0.4) is 0 Å². The number of amides is 4. The summed E-state index contributed by atoms with van der Waals surface area (Å²) in [5.41, 5.74) is 4.43. The number of nitrogens with one attached hydrogen (secondary N) is 4. The van der Waals surface area contributed by atoms with Crippen LogP contribution in [-0.2, 0) is 19.1 Å². The maximum atomic E-state index is 13.9. The number of carbonyl (C=O) groups excluding carboxylic acids is 4. The maximum absolute atomic E-state index is 13.9. The van der Waals surface area contributed by atoms with Crippen molar-refractivity contribution in [2.45, 2.75) is 91.4 Å². The van der Waals surface area contributed by atoms with Crippen molar-refractivity contribution >= 4 is 67.9 Å². The number of likely N-dealkylation sites (tertiary alicyclic amines) is 2. The zero-order valence-corrected chi connectivity index (χ0v) is 35.3. The van der Waals surface area contributed by atoms with Crippen LogP contribution < -0.4 is 10.6 Å². The largest absolute Gasteiger partial charge is 0.453 e. The minimum atomic E-state index is -0.786. The van der Waals surface area contributed by atoms with Crippen LogP contribution in [0.25, 0.3) is 55.1 Å². The van der Waals surface area contributed by atoms with Gasteiger partial charge in [-0.25, -0.2) is 29.5 Å². The van der Waals surface area contributed by atoms with Gasteiger partial charge in [-0.1, -0.05) is 59.7 Å². The van der Waals surface area contributed by atoms with E-state index in [-0.39, 0.29) is 23.9 Å². The Morgan fingerprint density at radius 1 is 0.717 bits per heavy atom. The van der Waals surface area contributed by atoms with Gasteiger partial charge in [-0.3, -0.25) is 9.59 Å². The molecular formula is C44H52N10O6. The Kier molecular flexibility index (Phi) is 10.4. The smallest absolute Gasteiger partial charge is 0.407 e. The highest BCUT2D eigenvalue weighted by Crippen LogP contribution is 2.38. The first-order chi connectivity index (χ1) is 28.5. The van der Waals surface area contributed by atoms with Gasteiger partial charge >= 0.3 is 12.2 Å². The van der Waals surface area contributed by atoms with E-state index in [1.807, 2.05) is 64.6 Å². The number of imidazole rings is 2. The van der Waals surface area contributed by atoms with Gasteiger partial charge < -0.3 is 39.9 Å². The molecule has 0 spiro atoms. The minimum absolute atomic E-state index is 0.160. The molecule has 2 aliphatic heterocycles. The molecule has 4 amide bonds. The Hall–Kier alpha value is -6.32. The van der Waals surface area contributed by atoms with E-state index in [0.29, 0.717) is 36.5 Å². The number of benzene rings is 2. The molecule has 4 N–H and O–H groups in total. The SMILES string of the molecule is COC(=O)N[C@H](C(=O)N1CCC[C@H]1c1nc2ncc3[nH]c(-c4ccc5c(ccc6[nH]c([C@@H]7CCCN7C(=O)[C@@H](NC(=O)OC)C(C)(C)C)nc65)c4)ccc3c2n1)C(C)(C)C. The molecule has 0 aliphatic carbocycles. The van der Waals surface area contributed by atoms with Crippen molar-refractivity contribution in [3.8, 4) is 11.3 Å². The lowest BCUT2D eigenvalue weighted by atomic mass is 9.85. The first-order valence-electron chi connectivity index (χ1n) is 20.4. The summed E-state index contributed by atoms with van der Waals surface area (Å²) in [6.45, 7) is 12.6. The van der Waals surface area contributed by atoms with Gasteiger partial charge in [-0.15, -0.1) is 0 Å². The molecule has 8 rings (SSSR count). The third-order valence-corrected chi connectivity index (χ3v) is 11.8. The lowest BCUT2D eigenvalue weighted by molar-refractivity contribution is -0.137. The van der Waals surface area contributed by atoms with E-state index in [9.17, 15) is 19.2 Å². The summed E-state index contributed by atoms with van der Waals surface area (Å²) < 4.78 is 9.65. The van der Waals surface area contributed by atoms with E-state index < -0.39 is 35.1 Å². The Bertz CT molecular complexity index is 2480. The minimum Gasteiger partial charge on any atom is -0.453 e. The molecule has 2 aromatic carbocycles. The van der Waals surface area contributed by atoms with Crippen LogP contribution in [0.15, 0.2) is 48.7 Å². The molecule has 0 radical (unpaired) electrons. The lowest BCUT2D eigenvalue weighted by Crippen LogP contribution is -2.54. The molecular weight excluding hydrogens is 765 g/mol. The number of pyridine rings is 2. The van der Waals surface area contributed by atoms with Crippen LogP contribution in [0.1, 0.15) is 91.0 Å². The topological polar surface area (TPSA) is 200 Å². The average Bonchev–Trinajstić information content (AvgIpc) is 4.05. The molecule has 0 saturated carbocycles. The van der Waals surface area contributed by atoms with Crippen molar-refractivity contribution < 1.29 is 28.7 Å². The summed E-state index contributed by atoms with van der Waals surface area (Å²) in [5, 5.41) is 8.33. The molecule has 314 valence electrons. The Labute approximate surface area is 347 Å². The molecule has 16 heteroatoms. The van der Waals surface area contributed by atoms with Crippen molar-refractivity contribution in [2.24, 2.45) is 10.8 Å². The molecule has 16 nitrogen and oxygen atoms in total. The Balaban J connectivity index is 1.05. The van der Waals surface area contributed by atoms with Crippen molar-refractivity contribution in [1.29, 1.82) is 0 Å². The standard InChI is InChI=1S/C44H52N10O6/c1-43(2,3)34(50-41(57)59-7)39(55)53-19-9-11-30(53)36-47-28-17-14-23-21-24(13-15-25(23)32(28)48-36)27-18-16-26-29(46-27)22-45-38-33(26)49-37(52-38)31-12-10-20-54(31)40(56)35(44(4,5)6)51-42(58)60-8/h13-18,21-22,30-31,34-35,46H,9-12,19-20H2,1-8H3,(H,47,48)(H,50,57)(H,51,58)/t30-,31-,34+,35+/m0/s1. The van der Waals surface area contributed by atoms with Crippen LogP contribution in [0.2, 0.25) is 0 Å². The summed E-state index contributed by atoms with van der Waals surface area (Å²) in [6.07, 6.45) is 3.53. The number of H-pyrrole nitrogens is 2. The average molecular weight is 817 g/mol. The summed E-state index contributed by atoms with van der Waals surface area (Å²) in [6, 6.07) is 12.2. The molecule has 2 aliphatic rings. The molecule has 0 unspecified atom stereocenters. The van der Waals surface area contributed by atoms with E-state index in [1.54, 1.807) is 11.1 Å². The van der Waals surface area contributed by atoms with Gasteiger partial charge in [0.1, 0.15) is 23.4 Å². The predicted octanol–water partition coefficient (Wildman–Crippen LogP) is 7.07. The summed E-state index contributed by atoms with van der Waals surface area (Å²) in [4.78, 5) is 82.3. The first kappa shape index (κ1) is 40.5. The monoisotopic (exact) mass is 816 g/mol.